The lowest BCUT2D eigenvalue weighted by molar-refractivity contribution is -0.120. The summed E-state index contributed by atoms with van der Waals surface area (Å²) in [6.45, 7) is 2.46. The van der Waals surface area contributed by atoms with E-state index in [0.29, 0.717) is 24.1 Å². The largest absolute Gasteiger partial charge is 0.493 e. The van der Waals surface area contributed by atoms with Crippen molar-refractivity contribution in [3.63, 3.8) is 0 Å². The molecule has 19 heavy (non-hydrogen) atoms. The molecule has 1 heterocycles. The molecule has 0 saturated carbocycles. The Bertz CT molecular complexity index is 566. The summed E-state index contributed by atoms with van der Waals surface area (Å²) >= 11 is 0. The molecule has 2 rings (SSSR count). The minimum atomic E-state index is -0.162. The topological polar surface area (TPSA) is 77.2 Å². The number of amides is 1. The monoisotopic (exact) mass is 261 g/mol. The van der Waals surface area contributed by atoms with Gasteiger partial charge in [0.2, 0.25) is 5.91 Å². The molecule has 0 bridgehead atoms. The molecule has 0 aliphatic heterocycles. The average Bonchev–Trinajstić information content (AvgIpc) is 2.88. The first-order valence-corrected chi connectivity index (χ1v) is 6.00. The van der Waals surface area contributed by atoms with Crippen molar-refractivity contribution in [2.75, 3.05) is 13.7 Å². The Hall–Kier alpha value is -2.37. The van der Waals surface area contributed by atoms with Gasteiger partial charge in [-0.1, -0.05) is 17.3 Å². The summed E-state index contributed by atoms with van der Waals surface area (Å²) in [5.41, 5.74) is 0.722. The zero-order chi connectivity index (χ0) is 13.7. The van der Waals surface area contributed by atoms with Gasteiger partial charge in [-0.2, -0.15) is 4.98 Å². The van der Waals surface area contributed by atoms with Crippen molar-refractivity contribution < 1.29 is 14.1 Å². The predicted molar refractivity (Wildman–Crippen MR) is 68.7 cm³/mol. The predicted octanol–water partition coefficient (Wildman–Crippen LogP) is 1.42. The second kappa shape index (κ2) is 5.99. The highest BCUT2D eigenvalue weighted by atomic mass is 16.5. The summed E-state index contributed by atoms with van der Waals surface area (Å²) in [6.07, 6.45) is 0.0940. The first-order chi connectivity index (χ1) is 9.24. The van der Waals surface area contributed by atoms with E-state index in [2.05, 4.69) is 15.5 Å². The molecule has 1 aromatic carbocycles. The molecule has 0 aliphatic rings. The molecule has 1 N–H and O–H groups in total. The van der Waals surface area contributed by atoms with Crippen molar-refractivity contribution >= 4 is 5.91 Å². The van der Waals surface area contributed by atoms with E-state index in [-0.39, 0.29) is 12.3 Å². The van der Waals surface area contributed by atoms with Crippen LogP contribution in [0.1, 0.15) is 12.7 Å². The van der Waals surface area contributed by atoms with Gasteiger partial charge in [0.25, 0.3) is 5.89 Å². The molecule has 0 atom stereocenters. The van der Waals surface area contributed by atoms with Crippen molar-refractivity contribution in [2.24, 2.45) is 0 Å². The molecular weight excluding hydrogens is 246 g/mol. The Morgan fingerprint density at radius 3 is 2.95 bits per heavy atom. The number of carbonyl (C=O) groups excluding carboxylic acids is 1. The molecule has 0 unspecified atom stereocenters. The fourth-order valence-corrected chi connectivity index (χ4v) is 1.59. The normalized spacial score (nSPS) is 10.2. The van der Waals surface area contributed by atoms with Crippen molar-refractivity contribution in [3.8, 4) is 17.2 Å². The number of carbonyl (C=O) groups is 1. The third kappa shape index (κ3) is 3.09. The lowest BCUT2D eigenvalue weighted by atomic mass is 10.2. The number of benzene rings is 1. The molecule has 2 aromatic rings. The van der Waals surface area contributed by atoms with Gasteiger partial charge in [-0.25, -0.2) is 0 Å². The maximum absolute atomic E-state index is 11.2. The van der Waals surface area contributed by atoms with Crippen LogP contribution in [-0.2, 0) is 11.2 Å². The summed E-state index contributed by atoms with van der Waals surface area (Å²) in [5.74, 6) is 1.22. The summed E-state index contributed by atoms with van der Waals surface area (Å²) in [6, 6.07) is 7.40. The van der Waals surface area contributed by atoms with Crippen LogP contribution < -0.4 is 10.1 Å². The molecule has 1 amide bonds. The van der Waals surface area contributed by atoms with Gasteiger partial charge in [-0.3, -0.25) is 4.79 Å². The second-order valence-electron chi connectivity index (χ2n) is 3.79. The summed E-state index contributed by atoms with van der Waals surface area (Å²) in [5, 5.41) is 6.29. The number of nitrogens with one attached hydrogen (secondary N) is 1. The molecule has 100 valence electrons. The number of hydrogen-bond acceptors (Lipinski definition) is 5. The molecule has 6 nitrogen and oxygen atoms in total. The number of hydrogen-bond donors (Lipinski definition) is 1. The van der Waals surface area contributed by atoms with Crippen LogP contribution in [0, 0.1) is 0 Å². The minimum Gasteiger partial charge on any atom is -0.493 e. The summed E-state index contributed by atoms with van der Waals surface area (Å²) in [4.78, 5) is 15.4. The van der Waals surface area contributed by atoms with Crippen LogP contribution >= 0.6 is 0 Å². The number of likely N-dealkylation sites (N-methyl/N-ethyl adjacent to an activating group) is 1. The molecule has 0 fully saturated rings. The number of ether oxygens (including phenoxy) is 1. The first kappa shape index (κ1) is 13.1. The van der Waals surface area contributed by atoms with Crippen LogP contribution in [0.5, 0.6) is 5.75 Å². The highest BCUT2D eigenvalue weighted by Gasteiger charge is 2.14. The first-order valence-electron chi connectivity index (χ1n) is 6.00. The Kier molecular flexibility index (Phi) is 4.12. The van der Waals surface area contributed by atoms with E-state index in [9.17, 15) is 4.79 Å². The van der Waals surface area contributed by atoms with Gasteiger partial charge in [0, 0.05) is 7.05 Å². The average molecular weight is 261 g/mol. The standard InChI is InChI=1S/C13H15N3O3/c1-3-18-10-7-5-4-6-9(10)13-15-11(16-19-13)8-12(17)14-2/h4-7H,3,8H2,1-2H3,(H,14,17). The lowest BCUT2D eigenvalue weighted by Crippen LogP contribution is -2.20. The van der Waals surface area contributed by atoms with Crippen LogP contribution in [0.4, 0.5) is 0 Å². The fraction of sp³-hybridized carbons (Fsp3) is 0.308. The molecule has 0 spiro atoms. The van der Waals surface area contributed by atoms with Crippen LogP contribution in [0.25, 0.3) is 11.5 Å². The third-order valence-corrected chi connectivity index (χ3v) is 2.48. The van der Waals surface area contributed by atoms with Gasteiger partial charge < -0.3 is 14.6 Å². The van der Waals surface area contributed by atoms with Gasteiger partial charge in [0.15, 0.2) is 5.82 Å². The zero-order valence-electron chi connectivity index (χ0n) is 10.8. The van der Waals surface area contributed by atoms with E-state index in [0.717, 1.165) is 5.56 Å². The number of nitrogens with zero attached hydrogens (tertiary/aromatic N) is 2. The van der Waals surface area contributed by atoms with Crippen LogP contribution in [0.3, 0.4) is 0 Å². The Labute approximate surface area is 110 Å². The van der Waals surface area contributed by atoms with Gasteiger partial charge in [0.05, 0.1) is 18.6 Å². The maximum Gasteiger partial charge on any atom is 0.261 e. The molecule has 0 aliphatic carbocycles. The second-order valence-corrected chi connectivity index (χ2v) is 3.79. The third-order valence-electron chi connectivity index (χ3n) is 2.48. The van der Waals surface area contributed by atoms with E-state index in [1.807, 2.05) is 31.2 Å². The van der Waals surface area contributed by atoms with E-state index >= 15 is 0 Å². The van der Waals surface area contributed by atoms with E-state index in [1.54, 1.807) is 7.05 Å². The Morgan fingerprint density at radius 2 is 2.21 bits per heavy atom. The van der Waals surface area contributed by atoms with Crippen molar-refractivity contribution in [2.45, 2.75) is 13.3 Å². The summed E-state index contributed by atoms with van der Waals surface area (Å²) in [7, 11) is 1.56. The van der Waals surface area contributed by atoms with Crippen LogP contribution in [0.15, 0.2) is 28.8 Å². The fourth-order valence-electron chi connectivity index (χ4n) is 1.59. The maximum atomic E-state index is 11.2. The molecule has 0 saturated heterocycles. The Morgan fingerprint density at radius 1 is 1.42 bits per heavy atom. The molecular formula is C13H15N3O3. The van der Waals surface area contributed by atoms with Gasteiger partial charge >= 0.3 is 0 Å². The van der Waals surface area contributed by atoms with Gasteiger partial charge in [0.1, 0.15) is 5.75 Å². The van der Waals surface area contributed by atoms with Crippen molar-refractivity contribution in [3.05, 3.63) is 30.1 Å². The van der Waals surface area contributed by atoms with Crippen LogP contribution in [0.2, 0.25) is 0 Å². The quantitative estimate of drug-likeness (QED) is 0.880. The summed E-state index contributed by atoms with van der Waals surface area (Å²) < 4.78 is 10.7. The SMILES string of the molecule is CCOc1ccccc1-c1nc(CC(=O)NC)no1. The van der Waals surface area contributed by atoms with E-state index in [1.165, 1.54) is 0 Å². The zero-order valence-corrected chi connectivity index (χ0v) is 10.8. The molecule has 0 radical (unpaired) electrons. The smallest absolute Gasteiger partial charge is 0.261 e. The van der Waals surface area contributed by atoms with E-state index < -0.39 is 0 Å². The molecule has 6 heteroatoms. The lowest BCUT2D eigenvalue weighted by Gasteiger charge is -2.05. The molecule has 1 aromatic heterocycles. The minimum absolute atomic E-state index is 0.0940. The highest BCUT2D eigenvalue weighted by Crippen LogP contribution is 2.28. The Balaban J connectivity index is 2.25. The van der Waals surface area contributed by atoms with Gasteiger partial charge in [-0.15, -0.1) is 0 Å². The van der Waals surface area contributed by atoms with E-state index in [4.69, 9.17) is 9.26 Å². The van der Waals surface area contributed by atoms with Crippen LogP contribution in [-0.4, -0.2) is 29.7 Å². The van der Waals surface area contributed by atoms with Gasteiger partial charge in [-0.05, 0) is 19.1 Å². The number of rotatable bonds is 5. The number of aromatic nitrogens is 2. The number of para-hydroxylation sites is 1. The highest BCUT2D eigenvalue weighted by molar-refractivity contribution is 5.77. The van der Waals surface area contributed by atoms with Crippen molar-refractivity contribution in [1.82, 2.24) is 15.5 Å². The van der Waals surface area contributed by atoms with Crippen molar-refractivity contribution in [1.29, 1.82) is 0 Å².